The second-order valence-corrected chi connectivity index (χ2v) is 5.34. The molecule has 2 heterocycles. The molecule has 0 radical (unpaired) electrons. The van der Waals surface area contributed by atoms with Gasteiger partial charge in [0.15, 0.2) is 0 Å². The molecule has 110 valence electrons. The van der Waals surface area contributed by atoms with Gasteiger partial charge in [0.25, 0.3) is 5.91 Å². The second-order valence-electron chi connectivity index (χ2n) is 5.34. The first-order valence-corrected chi connectivity index (χ1v) is 7.17. The fourth-order valence-electron chi connectivity index (χ4n) is 2.69. The fourth-order valence-corrected chi connectivity index (χ4v) is 2.69. The van der Waals surface area contributed by atoms with Crippen LogP contribution in [0.25, 0.3) is 0 Å². The SMILES string of the molecule is COCCC1CCCCN(C(=O)c2cc[nH]c(=O)c2)C1. The number of ether oxygens (including phenoxy) is 1. The summed E-state index contributed by atoms with van der Waals surface area (Å²) >= 11 is 0. The van der Waals surface area contributed by atoms with Crippen molar-refractivity contribution < 1.29 is 9.53 Å². The van der Waals surface area contributed by atoms with Crippen LogP contribution in [0.15, 0.2) is 23.1 Å². The van der Waals surface area contributed by atoms with E-state index in [1.165, 1.54) is 12.3 Å². The van der Waals surface area contributed by atoms with E-state index < -0.39 is 0 Å². The first-order valence-electron chi connectivity index (χ1n) is 7.17. The molecule has 0 bridgehead atoms. The van der Waals surface area contributed by atoms with Gasteiger partial charge >= 0.3 is 0 Å². The van der Waals surface area contributed by atoms with Crippen LogP contribution in [0.4, 0.5) is 0 Å². The zero-order valence-corrected chi connectivity index (χ0v) is 11.9. The van der Waals surface area contributed by atoms with Crippen LogP contribution < -0.4 is 5.56 Å². The van der Waals surface area contributed by atoms with Crippen molar-refractivity contribution in [3.63, 3.8) is 0 Å². The molecule has 1 fully saturated rings. The van der Waals surface area contributed by atoms with E-state index in [0.29, 0.717) is 11.5 Å². The van der Waals surface area contributed by atoms with Gasteiger partial charge in [-0.05, 0) is 31.2 Å². The number of pyridine rings is 1. The van der Waals surface area contributed by atoms with Crippen LogP contribution in [-0.4, -0.2) is 42.6 Å². The Labute approximate surface area is 118 Å². The Balaban J connectivity index is 2.05. The van der Waals surface area contributed by atoms with Crippen molar-refractivity contribution in [1.29, 1.82) is 0 Å². The van der Waals surface area contributed by atoms with Crippen LogP contribution in [0.2, 0.25) is 0 Å². The average Bonchev–Trinajstić information content (AvgIpc) is 2.70. The van der Waals surface area contributed by atoms with E-state index in [1.807, 2.05) is 4.90 Å². The van der Waals surface area contributed by atoms with Gasteiger partial charge in [0.05, 0.1) is 0 Å². The van der Waals surface area contributed by atoms with E-state index >= 15 is 0 Å². The molecule has 0 saturated carbocycles. The molecule has 5 nitrogen and oxygen atoms in total. The van der Waals surface area contributed by atoms with Crippen molar-refractivity contribution in [2.75, 3.05) is 26.8 Å². The molecule has 1 aliphatic rings. The molecule has 1 saturated heterocycles. The number of aromatic nitrogens is 1. The summed E-state index contributed by atoms with van der Waals surface area (Å²) in [6.45, 7) is 2.27. The van der Waals surface area contributed by atoms with Gasteiger partial charge in [-0.3, -0.25) is 9.59 Å². The number of nitrogens with one attached hydrogen (secondary N) is 1. The van der Waals surface area contributed by atoms with E-state index in [0.717, 1.165) is 45.4 Å². The maximum Gasteiger partial charge on any atom is 0.254 e. The Morgan fingerprint density at radius 2 is 2.35 bits per heavy atom. The number of hydrogen-bond acceptors (Lipinski definition) is 3. The molecule has 0 aromatic carbocycles. The Bertz CT molecular complexity index is 498. The number of rotatable bonds is 4. The highest BCUT2D eigenvalue weighted by atomic mass is 16.5. The minimum Gasteiger partial charge on any atom is -0.385 e. The van der Waals surface area contributed by atoms with Gasteiger partial charge in [0.2, 0.25) is 5.56 Å². The topological polar surface area (TPSA) is 62.4 Å². The number of likely N-dealkylation sites (tertiary alicyclic amines) is 1. The predicted molar refractivity (Wildman–Crippen MR) is 76.8 cm³/mol. The molecule has 1 N–H and O–H groups in total. The molecule has 1 aromatic heterocycles. The maximum absolute atomic E-state index is 12.5. The van der Waals surface area contributed by atoms with Crippen LogP contribution in [0.5, 0.6) is 0 Å². The van der Waals surface area contributed by atoms with E-state index in [4.69, 9.17) is 4.74 Å². The highest BCUT2D eigenvalue weighted by Crippen LogP contribution is 2.20. The number of carbonyl (C=O) groups excluding carboxylic acids is 1. The highest BCUT2D eigenvalue weighted by molar-refractivity contribution is 5.94. The molecule has 1 unspecified atom stereocenters. The fraction of sp³-hybridized carbons (Fsp3) is 0.600. The van der Waals surface area contributed by atoms with Gasteiger partial charge in [-0.25, -0.2) is 0 Å². The third-order valence-electron chi connectivity index (χ3n) is 3.81. The third-order valence-corrected chi connectivity index (χ3v) is 3.81. The monoisotopic (exact) mass is 278 g/mol. The van der Waals surface area contributed by atoms with Crippen LogP contribution in [0.3, 0.4) is 0 Å². The molecule has 0 spiro atoms. The maximum atomic E-state index is 12.5. The number of carbonyl (C=O) groups is 1. The minimum atomic E-state index is -0.235. The Hall–Kier alpha value is -1.62. The molecule has 20 heavy (non-hydrogen) atoms. The molecule has 0 aliphatic carbocycles. The number of amides is 1. The predicted octanol–water partition coefficient (Wildman–Crippen LogP) is 1.65. The van der Waals surface area contributed by atoms with Gasteiger partial charge in [-0.1, -0.05) is 6.42 Å². The van der Waals surface area contributed by atoms with Crippen LogP contribution in [0, 0.1) is 5.92 Å². The number of aromatic amines is 1. The molecule has 1 atom stereocenters. The lowest BCUT2D eigenvalue weighted by atomic mass is 10.00. The van der Waals surface area contributed by atoms with Gasteiger partial charge in [0, 0.05) is 44.6 Å². The summed E-state index contributed by atoms with van der Waals surface area (Å²) in [5.74, 6) is 0.448. The van der Waals surface area contributed by atoms with Crippen molar-refractivity contribution in [2.45, 2.75) is 25.7 Å². The summed E-state index contributed by atoms with van der Waals surface area (Å²) in [6.07, 6.45) is 5.82. The number of methoxy groups -OCH3 is 1. The largest absolute Gasteiger partial charge is 0.385 e. The molecule has 1 amide bonds. The summed E-state index contributed by atoms with van der Waals surface area (Å²) < 4.78 is 5.13. The molecule has 2 rings (SSSR count). The molecule has 1 aliphatic heterocycles. The van der Waals surface area contributed by atoms with E-state index in [2.05, 4.69) is 4.98 Å². The smallest absolute Gasteiger partial charge is 0.254 e. The van der Waals surface area contributed by atoms with Crippen molar-refractivity contribution >= 4 is 5.91 Å². The lowest BCUT2D eigenvalue weighted by Gasteiger charge is -2.24. The summed E-state index contributed by atoms with van der Waals surface area (Å²) in [5.41, 5.74) is 0.239. The first kappa shape index (κ1) is 14.8. The standard InChI is InChI=1S/C15H22N2O3/c1-20-9-6-12-4-2-3-8-17(11-12)15(19)13-5-7-16-14(18)10-13/h5,7,10,12H,2-4,6,8-9,11H2,1H3,(H,16,18). The lowest BCUT2D eigenvalue weighted by Crippen LogP contribution is -2.35. The first-order chi connectivity index (χ1) is 9.70. The van der Waals surface area contributed by atoms with Gasteiger partial charge in [0.1, 0.15) is 0 Å². The van der Waals surface area contributed by atoms with Gasteiger partial charge in [-0.2, -0.15) is 0 Å². The van der Waals surface area contributed by atoms with Crippen LogP contribution in [0.1, 0.15) is 36.0 Å². The molecular weight excluding hydrogens is 256 g/mol. The normalized spacial score (nSPS) is 19.6. The van der Waals surface area contributed by atoms with Crippen molar-refractivity contribution in [3.8, 4) is 0 Å². The van der Waals surface area contributed by atoms with Crippen LogP contribution >= 0.6 is 0 Å². The second kappa shape index (κ2) is 7.24. The number of H-pyrrole nitrogens is 1. The highest BCUT2D eigenvalue weighted by Gasteiger charge is 2.22. The zero-order valence-electron chi connectivity index (χ0n) is 11.9. The zero-order chi connectivity index (χ0) is 14.4. The number of nitrogens with zero attached hydrogens (tertiary/aromatic N) is 1. The summed E-state index contributed by atoms with van der Waals surface area (Å²) in [7, 11) is 1.70. The Morgan fingerprint density at radius 3 is 3.10 bits per heavy atom. The van der Waals surface area contributed by atoms with Crippen LogP contribution in [-0.2, 0) is 4.74 Å². The van der Waals surface area contributed by atoms with E-state index in [-0.39, 0.29) is 11.5 Å². The Kier molecular flexibility index (Phi) is 5.35. The summed E-state index contributed by atoms with van der Waals surface area (Å²) in [5, 5.41) is 0. The van der Waals surface area contributed by atoms with Crippen molar-refractivity contribution in [1.82, 2.24) is 9.88 Å². The Morgan fingerprint density at radius 1 is 1.50 bits per heavy atom. The summed E-state index contributed by atoms with van der Waals surface area (Å²) in [4.78, 5) is 28.2. The van der Waals surface area contributed by atoms with E-state index in [1.54, 1.807) is 13.2 Å². The third kappa shape index (κ3) is 3.93. The number of hydrogen-bond donors (Lipinski definition) is 1. The minimum absolute atomic E-state index is 0.0413. The van der Waals surface area contributed by atoms with E-state index in [9.17, 15) is 9.59 Å². The molecule has 5 heteroatoms. The summed E-state index contributed by atoms with van der Waals surface area (Å²) in [6, 6.07) is 3.04. The molecular formula is C15H22N2O3. The van der Waals surface area contributed by atoms with Gasteiger partial charge in [-0.15, -0.1) is 0 Å². The van der Waals surface area contributed by atoms with Crippen molar-refractivity contribution in [2.24, 2.45) is 5.92 Å². The average molecular weight is 278 g/mol. The quantitative estimate of drug-likeness (QED) is 0.911. The lowest BCUT2D eigenvalue weighted by molar-refractivity contribution is 0.0727. The molecule has 1 aromatic rings. The van der Waals surface area contributed by atoms with Crippen molar-refractivity contribution in [3.05, 3.63) is 34.2 Å². The van der Waals surface area contributed by atoms with Gasteiger partial charge < -0.3 is 14.6 Å².